The van der Waals surface area contributed by atoms with Crippen molar-refractivity contribution in [1.29, 1.82) is 0 Å². The van der Waals surface area contributed by atoms with E-state index in [1.165, 1.54) is 0 Å². The van der Waals surface area contributed by atoms with Crippen LogP contribution in [0.5, 0.6) is 0 Å². The molecule has 0 aromatic heterocycles. The van der Waals surface area contributed by atoms with Crippen molar-refractivity contribution in [3.8, 4) is 0 Å². The molecule has 5 heavy (non-hydrogen) atoms. The first-order valence-corrected chi connectivity index (χ1v) is 0. The fourth-order valence-corrected chi connectivity index (χ4v) is 0. The molecule has 0 saturated heterocycles. The predicted octanol–water partition coefficient (Wildman–Crippen LogP) is -0.885. The molecule has 23 valence electrons. The fraction of sp³-hybridized carbons (Fsp3) is 0. The van der Waals surface area contributed by atoms with E-state index >= 15 is 0 Å². The zero-order valence-electron chi connectivity index (χ0n) is 2.25. The van der Waals surface area contributed by atoms with Gasteiger partial charge in [0.1, 0.15) is 0 Å². The molecule has 0 unspecified atom stereocenters. The van der Waals surface area contributed by atoms with Crippen molar-refractivity contribution in [3.63, 3.8) is 0 Å². The molecule has 0 aliphatic rings. The molecule has 0 heterocycles. The summed E-state index contributed by atoms with van der Waals surface area (Å²) in [5.41, 5.74) is 0. The van der Waals surface area contributed by atoms with Crippen LogP contribution in [-0.2, 0) is 39.3 Å². The standard InChI is InChI=1S/Bi.Co.Fe.O.Sr/q+3;2*+2;-2;+2. The van der Waals surface area contributed by atoms with Crippen molar-refractivity contribution in [1.82, 2.24) is 0 Å². The second-order valence-corrected chi connectivity index (χ2v) is 0. The first kappa shape index (κ1) is 40.2. The first-order chi connectivity index (χ1) is 0. The largest absolute Gasteiger partial charge is 3.00 e. The van der Waals surface area contributed by atoms with E-state index in [2.05, 4.69) is 0 Å². The second-order valence-electron chi connectivity index (χ2n) is 0. The third-order valence-electron chi connectivity index (χ3n) is 0. The predicted molar refractivity (Wildman–Crippen MR) is 12.2 cm³/mol. The molecule has 0 spiro atoms. The zero-order chi connectivity index (χ0) is 0. The van der Waals surface area contributed by atoms with Crippen LogP contribution in [0.15, 0.2) is 0 Å². The van der Waals surface area contributed by atoms with Crippen LogP contribution < -0.4 is 0 Å². The van der Waals surface area contributed by atoms with Crippen LogP contribution in [0.4, 0.5) is 0 Å². The van der Waals surface area contributed by atoms with Crippen LogP contribution in [0.25, 0.3) is 0 Å². The summed E-state index contributed by atoms with van der Waals surface area (Å²) in [4.78, 5) is 0. The van der Waals surface area contributed by atoms with Gasteiger partial charge in [-0.2, -0.15) is 0 Å². The molecule has 0 atom stereocenters. The Morgan fingerprint density at radius 2 is 1.00 bits per heavy atom. The molecule has 0 rings (SSSR count). The van der Waals surface area contributed by atoms with E-state index in [0.717, 1.165) is 0 Å². The monoisotopic (exact) mass is 428 g/mol. The summed E-state index contributed by atoms with van der Waals surface area (Å²) in [6.45, 7) is 0. The molecule has 5 heteroatoms. The zero-order valence-corrected chi connectivity index (χ0v) is 11.3. The molecule has 0 N–H and O–H groups in total. The summed E-state index contributed by atoms with van der Waals surface area (Å²) in [6.07, 6.45) is 0. The number of hydrogen-bond donors (Lipinski definition) is 0. The van der Waals surface area contributed by atoms with E-state index in [1.54, 1.807) is 0 Å². The minimum absolute atomic E-state index is 0. The van der Waals surface area contributed by atoms with Crippen LogP contribution in [-0.4, -0.2) is 71.7 Å². The van der Waals surface area contributed by atoms with Gasteiger partial charge in [-0.05, 0) is 0 Å². The van der Waals surface area contributed by atoms with Crippen LogP contribution in [0.1, 0.15) is 0 Å². The normalized spacial score (nSPS) is 0. The molecule has 0 bridgehead atoms. The van der Waals surface area contributed by atoms with E-state index in [-0.39, 0.29) is 111 Å². The summed E-state index contributed by atoms with van der Waals surface area (Å²) < 4.78 is 0. The summed E-state index contributed by atoms with van der Waals surface area (Å²) in [5, 5.41) is 0. The van der Waals surface area contributed by atoms with Gasteiger partial charge in [-0.15, -0.1) is 0 Å². The van der Waals surface area contributed by atoms with Gasteiger partial charge in [0.2, 0.25) is 0 Å². The van der Waals surface area contributed by atoms with Crippen LogP contribution in [0.2, 0.25) is 0 Å². The molecular weight excluding hydrogens is 427 g/mol. The average molecular weight is 427 g/mol. The number of hydrogen-bond acceptors (Lipinski definition) is 0. The molecule has 0 amide bonds. The molecule has 1 nitrogen and oxygen atoms in total. The van der Waals surface area contributed by atoms with Crippen molar-refractivity contribution >= 4 is 71.7 Å². The minimum Gasteiger partial charge on any atom is -2.00 e. The van der Waals surface area contributed by atoms with Crippen molar-refractivity contribution in [2.24, 2.45) is 0 Å². The summed E-state index contributed by atoms with van der Waals surface area (Å²) in [5.74, 6) is 0. The van der Waals surface area contributed by atoms with Gasteiger partial charge in [0, 0.05) is 0 Å². The topological polar surface area (TPSA) is 28.5 Å². The van der Waals surface area contributed by atoms with Gasteiger partial charge in [0.25, 0.3) is 0 Å². The Balaban J connectivity index is 0. The summed E-state index contributed by atoms with van der Waals surface area (Å²) in [7, 11) is 0. The Kier molecular flexibility index (Phi) is 212. The van der Waals surface area contributed by atoms with Gasteiger partial charge in [-0.1, -0.05) is 0 Å². The van der Waals surface area contributed by atoms with Gasteiger partial charge in [-0.25, -0.2) is 0 Å². The summed E-state index contributed by atoms with van der Waals surface area (Å²) >= 11 is 0. The molecule has 0 aliphatic carbocycles. The third-order valence-corrected chi connectivity index (χ3v) is 0. The molecule has 3 radical (unpaired) electrons. The van der Waals surface area contributed by atoms with Crippen molar-refractivity contribution in [2.75, 3.05) is 0 Å². The van der Waals surface area contributed by atoms with Crippen molar-refractivity contribution in [3.05, 3.63) is 0 Å². The Hall–Kier alpha value is 3.35. The molecule has 0 aliphatic heterocycles. The van der Waals surface area contributed by atoms with Gasteiger partial charge >= 0.3 is 106 Å². The number of rotatable bonds is 0. The van der Waals surface area contributed by atoms with E-state index < -0.39 is 0 Å². The molecular formula is BiCoFeOSr+7. The minimum atomic E-state index is 0. The molecule has 0 fully saturated rings. The van der Waals surface area contributed by atoms with Crippen molar-refractivity contribution < 1.29 is 39.3 Å². The Labute approximate surface area is 108 Å². The van der Waals surface area contributed by atoms with E-state index in [0.29, 0.717) is 0 Å². The Morgan fingerprint density at radius 3 is 1.00 bits per heavy atom. The van der Waals surface area contributed by atoms with E-state index in [1.807, 2.05) is 0 Å². The maximum atomic E-state index is 0. The van der Waals surface area contributed by atoms with E-state index in [9.17, 15) is 0 Å². The Bertz CT molecular complexity index is 11.6. The van der Waals surface area contributed by atoms with Gasteiger partial charge in [0.15, 0.2) is 0 Å². The summed E-state index contributed by atoms with van der Waals surface area (Å²) in [6, 6.07) is 0. The molecule has 0 saturated carbocycles. The SMILES string of the molecule is [Bi+3].[Co+2].[Fe+2].[O-2].[Sr+2]. The van der Waals surface area contributed by atoms with Crippen LogP contribution in [0, 0.1) is 0 Å². The van der Waals surface area contributed by atoms with Gasteiger partial charge in [0.05, 0.1) is 0 Å². The smallest absolute Gasteiger partial charge is 2.00 e. The van der Waals surface area contributed by atoms with Gasteiger partial charge < -0.3 is 5.48 Å². The average Bonchev–Trinajstić information content (AvgIpc) is 0. The third kappa shape index (κ3) is 18.7. The quantitative estimate of drug-likeness (QED) is 0.450. The van der Waals surface area contributed by atoms with Crippen molar-refractivity contribution in [2.45, 2.75) is 0 Å². The van der Waals surface area contributed by atoms with Crippen LogP contribution in [0.3, 0.4) is 0 Å². The maximum Gasteiger partial charge on any atom is 3.00 e. The maximum absolute atomic E-state index is 0. The molecule has 0 aromatic rings. The molecule has 0 aromatic carbocycles. The van der Waals surface area contributed by atoms with Crippen LogP contribution >= 0.6 is 0 Å². The van der Waals surface area contributed by atoms with Gasteiger partial charge in [-0.3, -0.25) is 0 Å². The fourth-order valence-electron chi connectivity index (χ4n) is 0. The van der Waals surface area contributed by atoms with E-state index in [4.69, 9.17) is 0 Å². The first-order valence-electron chi connectivity index (χ1n) is 0. The Morgan fingerprint density at radius 1 is 1.00 bits per heavy atom. The second kappa shape index (κ2) is 26.4.